The van der Waals surface area contributed by atoms with Gasteiger partial charge in [0.2, 0.25) is 0 Å². The summed E-state index contributed by atoms with van der Waals surface area (Å²) >= 11 is 0. The van der Waals surface area contributed by atoms with Gasteiger partial charge in [0, 0.05) is 26.2 Å². The minimum absolute atomic E-state index is 0.00000719. The molecule has 0 amide bonds. The monoisotopic (exact) mass is 295 g/mol. The maximum Gasteiger partial charge on any atom is 0.168 e. The molecule has 21 heavy (non-hydrogen) atoms. The first-order valence-electron chi connectivity index (χ1n) is 6.56. The van der Waals surface area contributed by atoms with E-state index in [0.717, 1.165) is 6.07 Å². The van der Waals surface area contributed by atoms with Gasteiger partial charge in [-0.15, -0.1) is 0 Å². The Hall–Kier alpha value is -2.24. The third kappa shape index (κ3) is 3.65. The number of hydrogen-bond donors (Lipinski definition) is 1. The second-order valence-corrected chi connectivity index (χ2v) is 4.64. The van der Waals surface area contributed by atoms with Gasteiger partial charge in [-0.05, 0) is 24.6 Å². The van der Waals surface area contributed by atoms with Gasteiger partial charge < -0.3 is 10.2 Å². The molecule has 3 nitrogen and oxygen atoms in total. The highest BCUT2D eigenvalue weighted by Crippen LogP contribution is 2.22. The lowest BCUT2D eigenvalue weighted by atomic mass is 10.2. The summed E-state index contributed by atoms with van der Waals surface area (Å²) in [6, 6.07) is 6.80. The zero-order valence-electron chi connectivity index (χ0n) is 11.8. The van der Waals surface area contributed by atoms with Crippen LogP contribution in [0, 0.1) is 17.5 Å². The molecule has 1 N–H and O–H groups in total. The fourth-order valence-corrected chi connectivity index (χ4v) is 2.00. The third-order valence-electron chi connectivity index (χ3n) is 2.93. The van der Waals surface area contributed by atoms with Crippen molar-refractivity contribution in [3.63, 3.8) is 0 Å². The van der Waals surface area contributed by atoms with Crippen molar-refractivity contribution >= 4 is 11.6 Å². The van der Waals surface area contributed by atoms with Crippen LogP contribution in [-0.4, -0.2) is 18.6 Å². The van der Waals surface area contributed by atoms with Crippen molar-refractivity contribution in [2.45, 2.75) is 13.5 Å². The Bertz CT molecular complexity index is 632. The van der Waals surface area contributed by atoms with Gasteiger partial charge >= 0.3 is 0 Å². The van der Waals surface area contributed by atoms with Crippen LogP contribution >= 0.6 is 0 Å². The maximum atomic E-state index is 13.9. The number of nitrogens with zero attached hydrogens (tertiary/aromatic N) is 2. The molecule has 2 rings (SSSR count). The van der Waals surface area contributed by atoms with Crippen molar-refractivity contribution in [1.29, 1.82) is 0 Å². The average Bonchev–Trinajstić information content (AvgIpc) is 2.41. The predicted octanol–water partition coefficient (Wildman–Crippen LogP) is 3.57. The molecule has 0 spiro atoms. The van der Waals surface area contributed by atoms with Crippen molar-refractivity contribution in [1.82, 2.24) is 4.98 Å². The Morgan fingerprint density at radius 1 is 1.14 bits per heavy atom. The fourth-order valence-electron chi connectivity index (χ4n) is 2.00. The van der Waals surface area contributed by atoms with Crippen molar-refractivity contribution in [2.75, 3.05) is 23.8 Å². The minimum Gasteiger partial charge on any atom is -0.368 e. The van der Waals surface area contributed by atoms with Crippen LogP contribution in [0.4, 0.5) is 24.8 Å². The number of nitrogens with one attached hydrogen (secondary N) is 1. The second-order valence-electron chi connectivity index (χ2n) is 4.64. The van der Waals surface area contributed by atoms with Crippen molar-refractivity contribution in [3.05, 3.63) is 53.3 Å². The summed E-state index contributed by atoms with van der Waals surface area (Å²) < 4.78 is 40.5. The Kier molecular flexibility index (Phi) is 4.67. The molecule has 0 aliphatic carbocycles. The molecule has 0 saturated heterocycles. The highest BCUT2D eigenvalue weighted by atomic mass is 19.1. The molecule has 0 atom stereocenters. The van der Waals surface area contributed by atoms with Crippen LogP contribution < -0.4 is 10.2 Å². The number of benzene rings is 1. The Balaban J connectivity index is 2.26. The summed E-state index contributed by atoms with van der Waals surface area (Å²) in [4.78, 5) is 5.46. The summed E-state index contributed by atoms with van der Waals surface area (Å²) in [6.07, 6.45) is 0. The molecule has 0 aliphatic rings. The van der Waals surface area contributed by atoms with Gasteiger partial charge in [0.05, 0.1) is 0 Å². The Morgan fingerprint density at radius 2 is 1.90 bits per heavy atom. The molecule has 0 radical (unpaired) electrons. The van der Waals surface area contributed by atoms with Crippen LogP contribution in [-0.2, 0) is 6.54 Å². The molecule has 6 heteroatoms. The van der Waals surface area contributed by atoms with E-state index in [1.54, 1.807) is 26.1 Å². The van der Waals surface area contributed by atoms with Crippen LogP contribution in [0.15, 0.2) is 30.3 Å². The summed E-state index contributed by atoms with van der Waals surface area (Å²) in [5, 5.41) is 2.73. The van der Waals surface area contributed by atoms with Crippen LogP contribution in [0.5, 0.6) is 0 Å². The van der Waals surface area contributed by atoms with Crippen molar-refractivity contribution < 1.29 is 13.2 Å². The molecule has 0 aliphatic heterocycles. The molecular weight excluding hydrogens is 279 g/mol. The van der Waals surface area contributed by atoms with Crippen molar-refractivity contribution in [3.8, 4) is 0 Å². The van der Waals surface area contributed by atoms with Gasteiger partial charge in [0.15, 0.2) is 23.3 Å². The summed E-state index contributed by atoms with van der Waals surface area (Å²) in [5.74, 6) is -1.84. The number of halogens is 3. The second kappa shape index (κ2) is 6.47. The topological polar surface area (TPSA) is 28.2 Å². The smallest absolute Gasteiger partial charge is 0.168 e. The van der Waals surface area contributed by atoms with E-state index >= 15 is 0 Å². The zero-order chi connectivity index (χ0) is 15.4. The van der Waals surface area contributed by atoms with Crippen molar-refractivity contribution in [2.24, 2.45) is 0 Å². The predicted molar refractivity (Wildman–Crippen MR) is 76.8 cm³/mol. The summed E-state index contributed by atoms with van der Waals surface area (Å²) in [5.41, 5.74) is 0.674. The van der Waals surface area contributed by atoms with E-state index < -0.39 is 11.6 Å². The molecule has 0 unspecified atom stereocenters. The molecule has 1 aromatic carbocycles. The van der Waals surface area contributed by atoms with Gasteiger partial charge in [-0.1, -0.05) is 12.1 Å². The van der Waals surface area contributed by atoms with Gasteiger partial charge in [-0.25, -0.2) is 18.2 Å². The molecule has 1 aromatic heterocycles. The quantitative estimate of drug-likeness (QED) is 0.914. The maximum absolute atomic E-state index is 13.9. The molecule has 0 saturated carbocycles. The minimum atomic E-state index is -0.756. The van der Waals surface area contributed by atoms with Gasteiger partial charge in [0.25, 0.3) is 0 Å². The third-order valence-corrected chi connectivity index (χ3v) is 2.93. The normalized spacial score (nSPS) is 10.5. The van der Waals surface area contributed by atoms with Gasteiger partial charge in [-0.3, -0.25) is 0 Å². The highest BCUT2D eigenvalue weighted by molar-refractivity contribution is 5.49. The first-order chi connectivity index (χ1) is 10.0. The molecule has 2 aromatic rings. The van der Waals surface area contributed by atoms with E-state index in [2.05, 4.69) is 10.3 Å². The highest BCUT2D eigenvalue weighted by Gasteiger charge is 2.15. The van der Waals surface area contributed by atoms with Crippen LogP contribution in [0.1, 0.15) is 12.5 Å². The first kappa shape index (κ1) is 15.2. The van der Waals surface area contributed by atoms with E-state index in [4.69, 9.17) is 0 Å². The van der Waals surface area contributed by atoms with Crippen LogP contribution in [0.25, 0.3) is 0 Å². The SMILES string of the molecule is CCNc1nc(N(C)Cc2cccc(F)c2)c(F)cc1F. The van der Waals surface area contributed by atoms with E-state index in [1.165, 1.54) is 17.0 Å². The fraction of sp³-hybridized carbons (Fsp3) is 0.267. The molecule has 0 fully saturated rings. The molecule has 0 bridgehead atoms. The lowest BCUT2D eigenvalue weighted by Crippen LogP contribution is -2.20. The molecule has 1 heterocycles. The standard InChI is InChI=1S/C15H16F3N3/c1-3-19-14-12(17)8-13(18)15(20-14)21(2)9-10-5-4-6-11(16)7-10/h4-8H,3,9H2,1-2H3,(H,19,20). The Labute approximate surface area is 121 Å². The summed E-state index contributed by atoms with van der Waals surface area (Å²) in [7, 11) is 1.62. The number of anilines is 2. The lowest BCUT2D eigenvalue weighted by molar-refractivity contribution is 0.572. The number of rotatable bonds is 5. The number of aromatic nitrogens is 1. The number of hydrogen-bond acceptors (Lipinski definition) is 3. The molecular formula is C15H16F3N3. The average molecular weight is 295 g/mol. The molecule has 112 valence electrons. The van der Waals surface area contributed by atoms with E-state index in [9.17, 15) is 13.2 Å². The zero-order valence-corrected chi connectivity index (χ0v) is 11.8. The van der Waals surface area contributed by atoms with E-state index in [0.29, 0.717) is 12.1 Å². The van der Waals surface area contributed by atoms with Gasteiger partial charge in [-0.2, -0.15) is 0 Å². The van der Waals surface area contributed by atoms with Crippen LogP contribution in [0.2, 0.25) is 0 Å². The van der Waals surface area contributed by atoms with E-state index in [1.807, 2.05) is 0 Å². The Morgan fingerprint density at radius 3 is 2.57 bits per heavy atom. The lowest BCUT2D eigenvalue weighted by Gasteiger charge is -2.20. The largest absolute Gasteiger partial charge is 0.368 e. The van der Waals surface area contributed by atoms with Crippen LogP contribution in [0.3, 0.4) is 0 Å². The van der Waals surface area contributed by atoms with E-state index in [-0.39, 0.29) is 24.0 Å². The van der Waals surface area contributed by atoms with Gasteiger partial charge in [0.1, 0.15) is 5.82 Å². The first-order valence-corrected chi connectivity index (χ1v) is 6.56. The summed E-state index contributed by atoms with van der Waals surface area (Å²) in [6.45, 7) is 2.53. The number of pyridine rings is 1.